The number of aryl methyl sites for hydroxylation is 1. The summed E-state index contributed by atoms with van der Waals surface area (Å²) in [6, 6.07) is 10.2. The van der Waals surface area contributed by atoms with Crippen LogP contribution in [0.4, 0.5) is 0 Å². The van der Waals surface area contributed by atoms with Gasteiger partial charge >= 0.3 is 0 Å². The Kier molecular flexibility index (Phi) is 5.53. The fraction of sp³-hybridized carbons (Fsp3) is 0.500. The molecule has 1 aromatic carbocycles. The summed E-state index contributed by atoms with van der Waals surface area (Å²) in [6.45, 7) is 2.66. The summed E-state index contributed by atoms with van der Waals surface area (Å²) in [5.41, 5.74) is 1.23. The van der Waals surface area contributed by atoms with Crippen LogP contribution in [0.2, 0.25) is 0 Å². The normalized spacial score (nSPS) is 17.0. The van der Waals surface area contributed by atoms with Crippen molar-refractivity contribution in [2.24, 2.45) is 11.8 Å². The molecule has 23 heavy (non-hydrogen) atoms. The fourth-order valence-corrected chi connectivity index (χ4v) is 3.39. The summed E-state index contributed by atoms with van der Waals surface area (Å²) in [5, 5.41) is 7.57. The Hall–Kier alpha value is -2.01. The fourth-order valence-electron chi connectivity index (χ4n) is 3.39. The SMILES string of the molecule is O=C(CCc1ccccc1)C(Cn1cncn1)C1CCNCC1. The molecule has 2 heterocycles. The number of Topliss-reactive ketones (excluding diaryl/α,β-unsaturated/α-hetero) is 1. The van der Waals surface area contributed by atoms with E-state index < -0.39 is 0 Å². The van der Waals surface area contributed by atoms with Crippen LogP contribution in [0, 0.1) is 11.8 Å². The second-order valence-corrected chi connectivity index (χ2v) is 6.26. The molecule has 1 saturated heterocycles. The number of aromatic nitrogens is 3. The molecule has 5 heteroatoms. The first-order chi connectivity index (χ1) is 11.3. The second kappa shape index (κ2) is 8.02. The topological polar surface area (TPSA) is 59.8 Å². The third kappa shape index (κ3) is 4.48. The van der Waals surface area contributed by atoms with Crippen LogP contribution >= 0.6 is 0 Å². The molecule has 1 aliphatic rings. The van der Waals surface area contributed by atoms with Crippen molar-refractivity contribution in [1.29, 1.82) is 0 Å². The molecular formula is C18H24N4O. The number of hydrogen-bond donors (Lipinski definition) is 1. The molecule has 0 aliphatic carbocycles. The van der Waals surface area contributed by atoms with Gasteiger partial charge in [-0.15, -0.1) is 0 Å². The molecule has 1 atom stereocenters. The van der Waals surface area contributed by atoms with Crippen molar-refractivity contribution in [3.05, 3.63) is 48.5 Å². The van der Waals surface area contributed by atoms with Gasteiger partial charge in [-0.3, -0.25) is 9.48 Å². The van der Waals surface area contributed by atoms with Crippen molar-refractivity contribution in [1.82, 2.24) is 20.1 Å². The van der Waals surface area contributed by atoms with Gasteiger partial charge in [0.25, 0.3) is 0 Å². The lowest BCUT2D eigenvalue weighted by Crippen LogP contribution is -2.37. The zero-order chi connectivity index (χ0) is 15.9. The number of piperidine rings is 1. The predicted octanol–water partition coefficient (Wildman–Crippen LogP) is 2.10. The first kappa shape index (κ1) is 15.9. The van der Waals surface area contributed by atoms with E-state index in [0.29, 0.717) is 24.7 Å². The Balaban J connectivity index is 1.64. The van der Waals surface area contributed by atoms with Gasteiger partial charge in [0.1, 0.15) is 18.4 Å². The predicted molar refractivity (Wildman–Crippen MR) is 88.9 cm³/mol. The third-order valence-electron chi connectivity index (χ3n) is 4.72. The molecule has 122 valence electrons. The molecule has 5 nitrogen and oxygen atoms in total. The minimum Gasteiger partial charge on any atom is -0.317 e. The Morgan fingerprint density at radius 2 is 2.04 bits per heavy atom. The molecule has 2 aromatic rings. The first-order valence-electron chi connectivity index (χ1n) is 8.42. The molecular weight excluding hydrogens is 288 g/mol. The van der Waals surface area contributed by atoms with Gasteiger partial charge in [-0.05, 0) is 43.8 Å². The van der Waals surface area contributed by atoms with E-state index in [1.54, 1.807) is 11.0 Å². The minimum absolute atomic E-state index is 0.0440. The van der Waals surface area contributed by atoms with Gasteiger partial charge in [0, 0.05) is 12.3 Å². The van der Waals surface area contributed by atoms with Crippen LogP contribution in [0.5, 0.6) is 0 Å². The zero-order valence-corrected chi connectivity index (χ0v) is 13.4. The lowest BCUT2D eigenvalue weighted by atomic mass is 9.80. The van der Waals surface area contributed by atoms with E-state index in [2.05, 4.69) is 27.5 Å². The van der Waals surface area contributed by atoms with Gasteiger partial charge in [0.15, 0.2) is 0 Å². The Bertz CT molecular complexity index is 591. The summed E-state index contributed by atoms with van der Waals surface area (Å²) in [4.78, 5) is 16.9. The van der Waals surface area contributed by atoms with Crippen molar-refractivity contribution >= 4 is 5.78 Å². The molecule has 1 fully saturated rings. The number of hydrogen-bond acceptors (Lipinski definition) is 4. The van der Waals surface area contributed by atoms with Gasteiger partial charge in [0.2, 0.25) is 0 Å². The van der Waals surface area contributed by atoms with E-state index in [0.717, 1.165) is 32.4 Å². The average molecular weight is 312 g/mol. The molecule has 3 rings (SSSR count). The molecule has 1 N–H and O–H groups in total. The highest BCUT2D eigenvalue weighted by atomic mass is 16.1. The van der Waals surface area contributed by atoms with Crippen LogP contribution in [0.1, 0.15) is 24.8 Å². The number of nitrogens with one attached hydrogen (secondary N) is 1. The monoisotopic (exact) mass is 312 g/mol. The van der Waals surface area contributed by atoms with Crippen molar-refractivity contribution in [3.63, 3.8) is 0 Å². The number of rotatable bonds is 7. The second-order valence-electron chi connectivity index (χ2n) is 6.26. The summed E-state index contributed by atoms with van der Waals surface area (Å²) < 4.78 is 1.80. The molecule has 1 aromatic heterocycles. The van der Waals surface area contributed by atoms with Crippen LogP contribution < -0.4 is 5.32 Å². The van der Waals surface area contributed by atoms with E-state index in [4.69, 9.17) is 0 Å². The van der Waals surface area contributed by atoms with Gasteiger partial charge in [-0.1, -0.05) is 30.3 Å². The average Bonchev–Trinajstić information content (AvgIpc) is 3.12. The lowest BCUT2D eigenvalue weighted by Gasteiger charge is -2.29. The van der Waals surface area contributed by atoms with Crippen LogP contribution in [0.3, 0.4) is 0 Å². The van der Waals surface area contributed by atoms with Crippen molar-refractivity contribution < 1.29 is 4.79 Å². The Labute approximate surface area is 137 Å². The summed E-state index contributed by atoms with van der Waals surface area (Å²) in [6.07, 6.45) is 6.80. The van der Waals surface area contributed by atoms with Gasteiger partial charge in [-0.25, -0.2) is 4.98 Å². The Morgan fingerprint density at radius 1 is 1.26 bits per heavy atom. The highest BCUT2D eigenvalue weighted by Gasteiger charge is 2.29. The van der Waals surface area contributed by atoms with Gasteiger partial charge in [0.05, 0.1) is 6.54 Å². The van der Waals surface area contributed by atoms with E-state index in [1.807, 2.05) is 18.2 Å². The first-order valence-corrected chi connectivity index (χ1v) is 8.42. The molecule has 0 spiro atoms. The van der Waals surface area contributed by atoms with E-state index >= 15 is 0 Å². The highest BCUT2D eigenvalue weighted by Crippen LogP contribution is 2.26. The summed E-state index contributed by atoms with van der Waals surface area (Å²) >= 11 is 0. The van der Waals surface area contributed by atoms with Crippen molar-refractivity contribution in [3.8, 4) is 0 Å². The molecule has 0 amide bonds. The standard InChI is InChI=1S/C18H24N4O/c23-18(7-6-15-4-2-1-3-5-15)17(12-22-14-20-13-21-22)16-8-10-19-11-9-16/h1-5,13-14,16-17,19H,6-12H2. The number of ketones is 1. The van der Waals surface area contributed by atoms with Crippen LogP contribution in [0.25, 0.3) is 0 Å². The van der Waals surface area contributed by atoms with E-state index in [-0.39, 0.29) is 5.92 Å². The zero-order valence-electron chi connectivity index (χ0n) is 13.4. The van der Waals surface area contributed by atoms with E-state index in [9.17, 15) is 4.79 Å². The van der Waals surface area contributed by atoms with E-state index in [1.165, 1.54) is 11.9 Å². The maximum atomic E-state index is 12.9. The molecule has 1 aliphatic heterocycles. The Morgan fingerprint density at radius 3 is 2.74 bits per heavy atom. The maximum Gasteiger partial charge on any atom is 0.138 e. The molecule has 0 radical (unpaired) electrons. The maximum absolute atomic E-state index is 12.9. The largest absolute Gasteiger partial charge is 0.317 e. The number of carbonyl (C=O) groups excluding carboxylic acids is 1. The third-order valence-corrected chi connectivity index (χ3v) is 4.72. The minimum atomic E-state index is 0.0440. The van der Waals surface area contributed by atoms with Crippen LogP contribution in [-0.4, -0.2) is 33.6 Å². The smallest absolute Gasteiger partial charge is 0.138 e. The van der Waals surface area contributed by atoms with Crippen LogP contribution in [-0.2, 0) is 17.8 Å². The summed E-state index contributed by atoms with van der Waals surface area (Å²) in [7, 11) is 0. The van der Waals surface area contributed by atoms with Crippen molar-refractivity contribution in [2.75, 3.05) is 13.1 Å². The quantitative estimate of drug-likeness (QED) is 0.850. The number of benzene rings is 1. The molecule has 0 bridgehead atoms. The lowest BCUT2D eigenvalue weighted by molar-refractivity contribution is -0.125. The van der Waals surface area contributed by atoms with Gasteiger partial charge < -0.3 is 5.32 Å². The van der Waals surface area contributed by atoms with Crippen LogP contribution in [0.15, 0.2) is 43.0 Å². The highest BCUT2D eigenvalue weighted by molar-refractivity contribution is 5.81. The number of nitrogens with zero attached hydrogens (tertiary/aromatic N) is 3. The summed E-state index contributed by atoms with van der Waals surface area (Å²) in [5.74, 6) is 0.850. The number of carbonyl (C=O) groups is 1. The van der Waals surface area contributed by atoms with Crippen molar-refractivity contribution in [2.45, 2.75) is 32.2 Å². The van der Waals surface area contributed by atoms with Gasteiger partial charge in [-0.2, -0.15) is 5.10 Å². The molecule has 1 unspecified atom stereocenters. The molecule has 0 saturated carbocycles.